The molecule has 0 bridgehead atoms. The van der Waals surface area contributed by atoms with Gasteiger partial charge < -0.3 is 0 Å². The quantitative estimate of drug-likeness (QED) is 0.564. The summed E-state index contributed by atoms with van der Waals surface area (Å²) in [6.07, 6.45) is 2.80. The first kappa shape index (κ1) is 10.3. The highest BCUT2D eigenvalue weighted by molar-refractivity contribution is 5.35. The Hall–Kier alpha value is -0.700. The maximum Gasteiger partial charge on any atom is 0.125 e. The van der Waals surface area contributed by atoms with E-state index in [1.807, 2.05) is 0 Å². The predicted molar refractivity (Wildman–Crippen MR) is 38.4 cm³/mol. The highest BCUT2D eigenvalue weighted by Crippen LogP contribution is 2.28. The van der Waals surface area contributed by atoms with Crippen molar-refractivity contribution < 1.29 is 14.3 Å². The normalized spacial score (nSPS) is 24.4. The fraction of sp³-hybridized carbons (Fsp3) is 0.375. The first-order valence-electron chi connectivity index (χ1n) is 3.20. The van der Waals surface area contributed by atoms with Crippen LogP contribution in [0, 0.1) is 12.3 Å². The molecular weight excluding hydrogens is 150 g/mol. The van der Waals surface area contributed by atoms with Crippen LogP contribution in [0.3, 0.4) is 0 Å². The van der Waals surface area contributed by atoms with Gasteiger partial charge >= 0.3 is 0 Å². The van der Waals surface area contributed by atoms with Crippen LogP contribution in [0.4, 0.5) is 8.78 Å². The van der Waals surface area contributed by atoms with Gasteiger partial charge in [-0.15, -0.1) is 0 Å². The summed E-state index contributed by atoms with van der Waals surface area (Å²) in [6, 6.07) is 0. The zero-order valence-electron chi connectivity index (χ0n) is 6.44. The van der Waals surface area contributed by atoms with E-state index >= 15 is 0 Å². The third-order valence-electron chi connectivity index (χ3n) is 1.53. The average Bonchev–Trinajstić information content (AvgIpc) is 1.82. The molecular formula is C8H10F2O. The number of allylic oxidation sites excluding steroid dienone is 4. The summed E-state index contributed by atoms with van der Waals surface area (Å²) in [4.78, 5) is 0. The van der Waals surface area contributed by atoms with E-state index in [1.165, 1.54) is 19.4 Å². The molecule has 0 saturated carbocycles. The first-order valence-corrected chi connectivity index (χ1v) is 3.20. The smallest absolute Gasteiger partial charge is 0.125 e. The lowest BCUT2D eigenvalue weighted by Crippen LogP contribution is -2.01. The maximum atomic E-state index is 12.6. The highest BCUT2D eigenvalue weighted by Gasteiger charge is 2.16. The monoisotopic (exact) mass is 160 g/mol. The number of halogens is 2. The second-order valence-electron chi connectivity index (χ2n) is 2.51. The summed E-state index contributed by atoms with van der Waals surface area (Å²) >= 11 is 0. The van der Waals surface area contributed by atoms with Crippen LogP contribution in [0.2, 0.25) is 0 Å². The molecule has 0 fully saturated rings. The summed E-state index contributed by atoms with van der Waals surface area (Å²) in [5.74, 6) is -0.997. The molecule has 1 rings (SSSR count). The van der Waals surface area contributed by atoms with Gasteiger partial charge in [-0.3, -0.25) is 5.48 Å². The topological polar surface area (TPSA) is 30.0 Å². The van der Waals surface area contributed by atoms with Crippen LogP contribution in [0.1, 0.15) is 13.8 Å². The summed E-state index contributed by atoms with van der Waals surface area (Å²) in [7, 11) is 0. The van der Waals surface area contributed by atoms with E-state index < -0.39 is 11.7 Å². The molecule has 0 aliphatic heterocycles. The number of rotatable bonds is 0. The van der Waals surface area contributed by atoms with Crippen molar-refractivity contribution in [1.29, 1.82) is 0 Å². The van der Waals surface area contributed by atoms with Crippen molar-refractivity contribution in [2.75, 3.05) is 0 Å². The lowest BCUT2D eigenvalue weighted by molar-refractivity contribution is 0.555. The van der Waals surface area contributed by atoms with Gasteiger partial charge in [0.05, 0.1) is 0 Å². The van der Waals surface area contributed by atoms with E-state index in [1.54, 1.807) is 6.92 Å². The molecule has 1 aliphatic carbocycles. The fourth-order valence-corrected chi connectivity index (χ4v) is 0.874. The van der Waals surface area contributed by atoms with Crippen molar-refractivity contribution in [2.24, 2.45) is 5.92 Å². The summed E-state index contributed by atoms with van der Waals surface area (Å²) < 4.78 is 25.2. The van der Waals surface area contributed by atoms with E-state index in [9.17, 15) is 8.78 Å². The summed E-state index contributed by atoms with van der Waals surface area (Å²) in [6.45, 7) is 3.18. The SMILES string of the molecule is CC1=C(F)[CH]C(C)C=C1F.[OH]. The zero-order chi connectivity index (χ0) is 7.72. The van der Waals surface area contributed by atoms with Gasteiger partial charge in [-0.25, -0.2) is 8.78 Å². The molecule has 62 valence electrons. The van der Waals surface area contributed by atoms with Crippen molar-refractivity contribution in [2.45, 2.75) is 13.8 Å². The van der Waals surface area contributed by atoms with Gasteiger partial charge in [-0.2, -0.15) is 0 Å². The predicted octanol–water partition coefficient (Wildman–Crippen LogP) is 2.76. The summed E-state index contributed by atoms with van der Waals surface area (Å²) in [5.41, 5.74) is 0.109. The molecule has 0 spiro atoms. The molecule has 0 heterocycles. The minimum Gasteiger partial charge on any atom is -0.255 e. The largest absolute Gasteiger partial charge is 0.255 e. The van der Waals surface area contributed by atoms with Crippen LogP contribution >= 0.6 is 0 Å². The average molecular weight is 160 g/mol. The van der Waals surface area contributed by atoms with Crippen molar-refractivity contribution in [3.8, 4) is 0 Å². The van der Waals surface area contributed by atoms with Crippen LogP contribution in [0.5, 0.6) is 0 Å². The van der Waals surface area contributed by atoms with Gasteiger partial charge in [0.1, 0.15) is 11.7 Å². The minimum absolute atomic E-state index is 0. The van der Waals surface area contributed by atoms with Crippen LogP contribution < -0.4 is 0 Å². The Kier molecular flexibility index (Phi) is 3.39. The number of hydrogen-bond donors (Lipinski definition) is 1. The molecule has 11 heavy (non-hydrogen) atoms. The molecule has 1 unspecified atom stereocenters. The van der Waals surface area contributed by atoms with Crippen LogP contribution in [-0.2, 0) is 0 Å². The molecule has 0 aromatic carbocycles. The first-order chi connectivity index (χ1) is 4.61. The number of hydrogen-bond acceptors (Lipinski definition) is 0. The molecule has 0 aromatic heterocycles. The Morgan fingerprint density at radius 2 is 1.91 bits per heavy atom. The molecule has 1 N–H and O–H groups in total. The molecule has 3 heteroatoms. The second kappa shape index (κ2) is 3.62. The highest BCUT2D eigenvalue weighted by atomic mass is 19.1. The Bertz CT molecular complexity index is 206. The third-order valence-corrected chi connectivity index (χ3v) is 1.53. The van der Waals surface area contributed by atoms with Crippen molar-refractivity contribution in [3.63, 3.8) is 0 Å². The summed E-state index contributed by atoms with van der Waals surface area (Å²) in [5, 5.41) is 0. The van der Waals surface area contributed by atoms with Crippen molar-refractivity contribution in [1.82, 2.24) is 0 Å². The molecule has 1 aliphatic rings. The fourth-order valence-electron chi connectivity index (χ4n) is 0.874. The van der Waals surface area contributed by atoms with Gasteiger partial charge in [0.25, 0.3) is 0 Å². The lowest BCUT2D eigenvalue weighted by atomic mass is 9.97. The Morgan fingerprint density at radius 3 is 2.36 bits per heavy atom. The van der Waals surface area contributed by atoms with E-state index in [4.69, 9.17) is 0 Å². The Labute approximate surface area is 64.7 Å². The molecule has 2 radical (unpaired) electrons. The molecule has 0 saturated heterocycles. The van der Waals surface area contributed by atoms with E-state index in [0.717, 1.165) is 0 Å². The van der Waals surface area contributed by atoms with E-state index in [0.29, 0.717) is 0 Å². The maximum absolute atomic E-state index is 12.6. The van der Waals surface area contributed by atoms with Crippen LogP contribution in [-0.4, -0.2) is 5.48 Å². The molecule has 0 amide bonds. The van der Waals surface area contributed by atoms with Gasteiger partial charge in [0, 0.05) is 12.0 Å². The van der Waals surface area contributed by atoms with Gasteiger partial charge in [-0.1, -0.05) is 6.92 Å². The van der Waals surface area contributed by atoms with Crippen LogP contribution in [0.15, 0.2) is 23.3 Å². The molecule has 1 atom stereocenters. The zero-order valence-corrected chi connectivity index (χ0v) is 6.44. The van der Waals surface area contributed by atoms with E-state index in [2.05, 4.69) is 0 Å². The van der Waals surface area contributed by atoms with Gasteiger partial charge in [-0.05, 0) is 18.9 Å². The Morgan fingerprint density at radius 1 is 1.36 bits per heavy atom. The second-order valence-corrected chi connectivity index (χ2v) is 2.51. The van der Waals surface area contributed by atoms with Gasteiger partial charge in [0.15, 0.2) is 0 Å². The standard InChI is InChI=1S/C8H9F2.HO/c1-5-3-7(9)6(2)8(10)4-5;/h3-5H,1-2H3;1H. The van der Waals surface area contributed by atoms with Crippen LogP contribution in [0.25, 0.3) is 0 Å². The van der Waals surface area contributed by atoms with Crippen molar-refractivity contribution in [3.05, 3.63) is 29.7 Å². The van der Waals surface area contributed by atoms with Crippen molar-refractivity contribution >= 4 is 0 Å². The lowest BCUT2D eigenvalue weighted by Gasteiger charge is -2.12. The molecule has 1 nitrogen and oxygen atoms in total. The Balaban J connectivity index is 0.000001000. The van der Waals surface area contributed by atoms with E-state index in [-0.39, 0.29) is 17.0 Å². The minimum atomic E-state index is -0.437. The molecule has 0 aromatic rings. The van der Waals surface area contributed by atoms with Gasteiger partial charge in [0.2, 0.25) is 0 Å². The third kappa shape index (κ3) is 2.12.